The van der Waals surface area contributed by atoms with E-state index in [2.05, 4.69) is 15.2 Å². The summed E-state index contributed by atoms with van der Waals surface area (Å²) in [5, 5.41) is 7.10. The van der Waals surface area contributed by atoms with Gasteiger partial charge in [0.1, 0.15) is 5.82 Å². The Balaban J connectivity index is 2.14. The smallest absolute Gasteiger partial charge is 0.337 e. The zero-order valence-corrected chi connectivity index (χ0v) is 11.4. The molecular formula is C14H16FN3O2. The number of esters is 1. The van der Waals surface area contributed by atoms with Crippen LogP contribution in [0, 0.1) is 5.82 Å². The standard InChI is InChI=1S/C14H16FN3O2/c1-3-18-11(6-7-17-18)9-16-13-8-10(14(19)20-2)4-5-12(13)15/h4-8,16H,3,9H2,1-2H3. The van der Waals surface area contributed by atoms with Crippen molar-refractivity contribution in [3.8, 4) is 0 Å². The first-order valence-electron chi connectivity index (χ1n) is 6.28. The lowest BCUT2D eigenvalue weighted by Crippen LogP contribution is -2.09. The molecule has 0 aliphatic carbocycles. The molecule has 0 amide bonds. The third-order valence-electron chi connectivity index (χ3n) is 2.95. The number of hydrogen-bond donors (Lipinski definition) is 1. The fourth-order valence-electron chi connectivity index (χ4n) is 1.89. The number of nitrogens with zero attached hydrogens (tertiary/aromatic N) is 2. The van der Waals surface area contributed by atoms with Gasteiger partial charge in [-0.25, -0.2) is 9.18 Å². The lowest BCUT2D eigenvalue weighted by atomic mass is 10.2. The van der Waals surface area contributed by atoms with Gasteiger partial charge in [-0.05, 0) is 31.2 Å². The Morgan fingerprint density at radius 3 is 2.95 bits per heavy atom. The number of aromatic nitrogens is 2. The maximum atomic E-state index is 13.7. The Bertz CT molecular complexity index is 610. The molecule has 0 aliphatic rings. The van der Waals surface area contributed by atoms with Crippen LogP contribution in [0.1, 0.15) is 23.0 Å². The Morgan fingerprint density at radius 2 is 2.25 bits per heavy atom. The minimum Gasteiger partial charge on any atom is -0.465 e. The zero-order valence-electron chi connectivity index (χ0n) is 11.4. The van der Waals surface area contributed by atoms with Crippen molar-refractivity contribution >= 4 is 11.7 Å². The summed E-state index contributed by atoms with van der Waals surface area (Å²) in [4.78, 5) is 11.4. The molecule has 0 bridgehead atoms. The molecule has 0 aliphatic heterocycles. The van der Waals surface area contributed by atoms with E-state index in [4.69, 9.17) is 0 Å². The van der Waals surface area contributed by atoms with Crippen molar-refractivity contribution < 1.29 is 13.9 Å². The topological polar surface area (TPSA) is 56.2 Å². The molecule has 1 heterocycles. The molecule has 0 spiro atoms. The molecule has 106 valence electrons. The van der Waals surface area contributed by atoms with Gasteiger partial charge in [0, 0.05) is 12.7 Å². The monoisotopic (exact) mass is 277 g/mol. The molecule has 0 saturated carbocycles. The normalized spacial score (nSPS) is 10.3. The van der Waals surface area contributed by atoms with Crippen LogP contribution in [0.5, 0.6) is 0 Å². The number of benzene rings is 1. The van der Waals surface area contributed by atoms with Crippen molar-refractivity contribution in [3.05, 3.63) is 47.5 Å². The summed E-state index contributed by atoms with van der Waals surface area (Å²) in [5.74, 6) is -0.910. The van der Waals surface area contributed by atoms with Crippen LogP contribution < -0.4 is 5.32 Å². The van der Waals surface area contributed by atoms with Gasteiger partial charge in [-0.1, -0.05) is 0 Å². The average molecular weight is 277 g/mol. The summed E-state index contributed by atoms with van der Waals surface area (Å²) in [6.07, 6.45) is 1.70. The van der Waals surface area contributed by atoms with Crippen molar-refractivity contribution in [1.29, 1.82) is 0 Å². The van der Waals surface area contributed by atoms with Gasteiger partial charge in [-0.2, -0.15) is 5.10 Å². The molecule has 0 radical (unpaired) electrons. The fraction of sp³-hybridized carbons (Fsp3) is 0.286. The van der Waals surface area contributed by atoms with E-state index in [-0.39, 0.29) is 5.69 Å². The first-order chi connectivity index (χ1) is 9.65. The van der Waals surface area contributed by atoms with Crippen LogP contribution in [0.25, 0.3) is 0 Å². The number of aryl methyl sites for hydroxylation is 1. The Morgan fingerprint density at radius 1 is 1.45 bits per heavy atom. The molecule has 20 heavy (non-hydrogen) atoms. The van der Waals surface area contributed by atoms with Crippen molar-refractivity contribution in [1.82, 2.24) is 9.78 Å². The molecule has 0 saturated heterocycles. The van der Waals surface area contributed by atoms with Gasteiger partial charge in [-0.3, -0.25) is 4.68 Å². The van der Waals surface area contributed by atoms with E-state index >= 15 is 0 Å². The molecular weight excluding hydrogens is 261 g/mol. The maximum absolute atomic E-state index is 13.7. The van der Waals surface area contributed by atoms with Gasteiger partial charge < -0.3 is 10.1 Å². The van der Waals surface area contributed by atoms with Crippen LogP contribution in [0.4, 0.5) is 10.1 Å². The fourth-order valence-corrected chi connectivity index (χ4v) is 1.89. The third kappa shape index (κ3) is 2.96. The van der Waals surface area contributed by atoms with Crippen LogP contribution in [0.3, 0.4) is 0 Å². The summed E-state index contributed by atoms with van der Waals surface area (Å²) in [7, 11) is 1.29. The van der Waals surface area contributed by atoms with Crippen molar-refractivity contribution in [2.45, 2.75) is 20.0 Å². The predicted molar refractivity (Wildman–Crippen MR) is 73.0 cm³/mol. The van der Waals surface area contributed by atoms with Crippen LogP contribution in [-0.4, -0.2) is 22.9 Å². The van der Waals surface area contributed by atoms with Gasteiger partial charge in [0.15, 0.2) is 0 Å². The lowest BCUT2D eigenvalue weighted by Gasteiger charge is -2.10. The molecule has 5 nitrogen and oxygen atoms in total. The molecule has 0 unspecified atom stereocenters. The molecule has 1 aromatic heterocycles. The van der Waals surface area contributed by atoms with Crippen LogP contribution in [0.15, 0.2) is 30.5 Å². The quantitative estimate of drug-likeness (QED) is 0.853. The van der Waals surface area contributed by atoms with Crippen molar-refractivity contribution in [2.24, 2.45) is 0 Å². The van der Waals surface area contributed by atoms with E-state index < -0.39 is 11.8 Å². The average Bonchev–Trinajstić information content (AvgIpc) is 2.93. The summed E-state index contributed by atoms with van der Waals surface area (Å²) in [6, 6.07) is 5.93. The van der Waals surface area contributed by atoms with E-state index in [1.165, 1.54) is 25.3 Å². The van der Waals surface area contributed by atoms with E-state index in [9.17, 15) is 9.18 Å². The van der Waals surface area contributed by atoms with Crippen molar-refractivity contribution in [3.63, 3.8) is 0 Å². The number of anilines is 1. The lowest BCUT2D eigenvalue weighted by molar-refractivity contribution is 0.0600. The molecule has 1 aromatic carbocycles. The number of nitrogens with one attached hydrogen (secondary N) is 1. The molecule has 2 rings (SSSR count). The molecule has 2 aromatic rings. The second kappa shape index (κ2) is 6.18. The highest BCUT2D eigenvalue weighted by Crippen LogP contribution is 2.17. The second-order valence-electron chi connectivity index (χ2n) is 4.18. The van der Waals surface area contributed by atoms with Gasteiger partial charge in [0.25, 0.3) is 0 Å². The number of carbonyl (C=O) groups is 1. The predicted octanol–water partition coefficient (Wildman–Crippen LogP) is 2.44. The van der Waals surface area contributed by atoms with E-state index in [0.717, 1.165) is 12.2 Å². The number of ether oxygens (including phenoxy) is 1. The van der Waals surface area contributed by atoms with Gasteiger partial charge in [0.05, 0.1) is 30.6 Å². The number of carbonyl (C=O) groups excluding carboxylic acids is 1. The summed E-state index contributed by atoms with van der Waals surface area (Å²) in [6.45, 7) is 3.15. The zero-order chi connectivity index (χ0) is 14.5. The summed E-state index contributed by atoms with van der Waals surface area (Å²) in [5.41, 5.74) is 1.51. The highest BCUT2D eigenvalue weighted by Gasteiger charge is 2.10. The number of halogens is 1. The number of hydrogen-bond acceptors (Lipinski definition) is 4. The highest BCUT2D eigenvalue weighted by molar-refractivity contribution is 5.90. The molecule has 0 atom stereocenters. The SMILES string of the molecule is CCn1nccc1CNc1cc(C(=O)OC)ccc1F. The summed E-state index contributed by atoms with van der Waals surface area (Å²) >= 11 is 0. The molecule has 6 heteroatoms. The Hall–Kier alpha value is -2.37. The van der Waals surface area contributed by atoms with Crippen LogP contribution >= 0.6 is 0 Å². The number of rotatable bonds is 5. The van der Waals surface area contributed by atoms with E-state index in [0.29, 0.717) is 12.1 Å². The largest absolute Gasteiger partial charge is 0.465 e. The van der Waals surface area contributed by atoms with E-state index in [1.54, 1.807) is 6.20 Å². The van der Waals surface area contributed by atoms with Crippen LogP contribution in [-0.2, 0) is 17.8 Å². The highest BCUT2D eigenvalue weighted by atomic mass is 19.1. The Kier molecular flexibility index (Phi) is 4.34. The van der Waals surface area contributed by atoms with Crippen LogP contribution in [0.2, 0.25) is 0 Å². The molecule has 1 N–H and O–H groups in total. The van der Waals surface area contributed by atoms with Gasteiger partial charge in [0.2, 0.25) is 0 Å². The first kappa shape index (κ1) is 14.0. The molecule has 0 fully saturated rings. The Labute approximate surface area is 116 Å². The van der Waals surface area contributed by atoms with Crippen molar-refractivity contribution in [2.75, 3.05) is 12.4 Å². The van der Waals surface area contributed by atoms with Gasteiger partial charge in [-0.15, -0.1) is 0 Å². The number of methoxy groups -OCH3 is 1. The van der Waals surface area contributed by atoms with Gasteiger partial charge >= 0.3 is 5.97 Å². The summed E-state index contributed by atoms with van der Waals surface area (Å²) < 4.78 is 20.1. The minimum absolute atomic E-state index is 0.261. The first-order valence-corrected chi connectivity index (χ1v) is 6.28. The van der Waals surface area contributed by atoms with E-state index in [1.807, 2.05) is 17.7 Å². The minimum atomic E-state index is -0.494. The third-order valence-corrected chi connectivity index (χ3v) is 2.95. The second-order valence-corrected chi connectivity index (χ2v) is 4.18. The maximum Gasteiger partial charge on any atom is 0.337 e.